The average Bonchev–Trinajstić information content (AvgIpc) is 2.33. The molecule has 2 rings (SSSR count). The van der Waals surface area contributed by atoms with Gasteiger partial charge in [0, 0.05) is 29.7 Å². The van der Waals surface area contributed by atoms with E-state index >= 15 is 0 Å². The molecule has 1 saturated heterocycles. The van der Waals surface area contributed by atoms with E-state index in [9.17, 15) is 4.79 Å². The highest BCUT2D eigenvalue weighted by Crippen LogP contribution is 2.25. The Bertz CT molecular complexity index is 447. The van der Waals surface area contributed by atoms with E-state index in [1.165, 1.54) is 5.56 Å². The molecule has 1 atom stereocenters. The molecule has 4 heteroatoms. The average molecular weight is 311 g/mol. The van der Waals surface area contributed by atoms with Gasteiger partial charge < -0.3 is 10.2 Å². The minimum atomic E-state index is 0.199. The van der Waals surface area contributed by atoms with Gasteiger partial charge in [-0.05, 0) is 37.1 Å². The predicted octanol–water partition coefficient (Wildman–Crippen LogP) is 2.72. The summed E-state index contributed by atoms with van der Waals surface area (Å²) in [5.74, 6) is 0.666. The maximum atomic E-state index is 12.2. The molecule has 1 aromatic rings. The van der Waals surface area contributed by atoms with Gasteiger partial charge in [0.05, 0.1) is 0 Å². The monoisotopic (exact) mass is 310 g/mol. The van der Waals surface area contributed by atoms with E-state index in [1.807, 2.05) is 23.1 Å². The topological polar surface area (TPSA) is 32.3 Å². The molecule has 0 radical (unpaired) electrons. The Balaban J connectivity index is 2.26. The molecule has 1 N–H and O–H groups in total. The molecule has 1 aliphatic heterocycles. The molecule has 0 aromatic heterocycles. The molecule has 0 bridgehead atoms. The van der Waals surface area contributed by atoms with Crippen molar-refractivity contribution in [3.05, 3.63) is 28.2 Å². The van der Waals surface area contributed by atoms with Crippen LogP contribution in [-0.4, -0.2) is 25.5 Å². The van der Waals surface area contributed by atoms with Gasteiger partial charge in [0.25, 0.3) is 0 Å². The Labute approximate surface area is 117 Å². The Morgan fingerprint density at radius 3 is 2.94 bits per heavy atom. The van der Waals surface area contributed by atoms with E-state index in [4.69, 9.17) is 0 Å². The molecular formula is C14H19BrN2O. The van der Waals surface area contributed by atoms with Gasteiger partial charge in [0.15, 0.2) is 0 Å². The fourth-order valence-corrected chi connectivity index (χ4v) is 2.52. The number of halogens is 1. The van der Waals surface area contributed by atoms with E-state index in [1.54, 1.807) is 0 Å². The quantitative estimate of drug-likeness (QED) is 0.865. The minimum absolute atomic E-state index is 0.199. The van der Waals surface area contributed by atoms with Crippen molar-refractivity contribution in [3.8, 4) is 0 Å². The van der Waals surface area contributed by atoms with Crippen LogP contribution in [0.1, 0.15) is 18.9 Å². The zero-order chi connectivity index (χ0) is 13.1. The van der Waals surface area contributed by atoms with Gasteiger partial charge in [-0.2, -0.15) is 0 Å². The number of aryl methyl sites for hydroxylation is 1. The molecule has 3 nitrogen and oxygen atoms in total. The van der Waals surface area contributed by atoms with Crippen molar-refractivity contribution in [2.45, 2.75) is 20.3 Å². The van der Waals surface area contributed by atoms with Crippen molar-refractivity contribution in [2.75, 3.05) is 24.5 Å². The fraction of sp³-hybridized carbons (Fsp3) is 0.500. The number of carbonyl (C=O) groups excluding carboxylic acids is 1. The van der Waals surface area contributed by atoms with Crippen LogP contribution in [0.5, 0.6) is 0 Å². The molecule has 1 fully saturated rings. The predicted molar refractivity (Wildman–Crippen MR) is 77.9 cm³/mol. The highest BCUT2D eigenvalue weighted by atomic mass is 79.9. The van der Waals surface area contributed by atoms with Crippen molar-refractivity contribution in [1.82, 2.24) is 5.32 Å². The van der Waals surface area contributed by atoms with Crippen LogP contribution in [0.15, 0.2) is 22.7 Å². The number of hydrogen-bond acceptors (Lipinski definition) is 2. The highest BCUT2D eigenvalue weighted by molar-refractivity contribution is 9.10. The lowest BCUT2D eigenvalue weighted by Crippen LogP contribution is -2.42. The number of nitrogens with zero attached hydrogens (tertiary/aromatic N) is 1. The Hall–Kier alpha value is -0.870. The first kappa shape index (κ1) is 13.6. The number of anilines is 1. The number of amides is 1. The van der Waals surface area contributed by atoms with Gasteiger partial charge in [-0.1, -0.05) is 28.9 Å². The van der Waals surface area contributed by atoms with Crippen LogP contribution in [0.2, 0.25) is 0 Å². The molecule has 1 amide bonds. The third-order valence-corrected chi connectivity index (χ3v) is 4.13. The summed E-state index contributed by atoms with van der Waals surface area (Å²) in [6.07, 6.45) is 0.568. The Morgan fingerprint density at radius 2 is 2.22 bits per heavy atom. The van der Waals surface area contributed by atoms with Crippen LogP contribution in [0.25, 0.3) is 0 Å². The second-order valence-corrected chi connectivity index (χ2v) is 5.85. The summed E-state index contributed by atoms with van der Waals surface area (Å²) in [6.45, 7) is 6.74. The molecule has 1 aromatic carbocycles. The summed E-state index contributed by atoms with van der Waals surface area (Å²) in [7, 11) is 0. The maximum Gasteiger partial charge on any atom is 0.228 e. The van der Waals surface area contributed by atoms with Gasteiger partial charge in [0.2, 0.25) is 5.91 Å². The summed E-state index contributed by atoms with van der Waals surface area (Å²) in [5.41, 5.74) is 2.18. The van der Waals surface area contributed by atoms with Gasteiger partial charge in [-0.25, -0.2) is 0 Å². The number of carbonyl (C=O) groups is 1. The van der Waals surface area contributed by atoms with Gasteiger partial charge in [0.1, 0.15) is 0 Å². The Kier molecular flexibility index (Phi) is 4.40. The molecule has 18 heavy (non-hydrogen) atoms. The lowest BCUT2D eigenvalue weighted by Gasteiger charge is -2.29. The van der Waals surface area contributed by atoms with E-state index in [2.05, 4.69) is 35.1 Å². The molecule has 1 heterocycles. The first-order chi connectivity index (χ1) is 8.58. The SMILES string of the molecule is Cc1ccc(N2CC(C)CNCCC2=O)cc1Br. The summed E-state index contributed by atoms with van der Waals surface area (Å²) < 4.78 is 1.06. The maximum absolute atomic E-state index is 12.2. The zero-order valence-electron chi connectivity index (χ0n) is 10.9. The highest BCUT2D eigenvalue weighted by Gasteiger charge is 2.20. The summed E-state index contributed by atoms with van der Waals surface area (Å²) >= 11 is 3.53. The van der Waals surface area contributed by atoms with Crippen molar-refractivity contribution in [2.24, 2.45) is 5.92 Å². The third-order valence-electron chi connectivity index (χ3n) is 3.27. The molecule has 0 spiro atoms. The number of nitrogens with one attached hydrogen (secondary N) is 1. The van der Waals surface area contributed by atoms with Crippen LogP contribution in [0, 0.1) is 12.8 Å². The second kappa shape index (κ2) is 5.85. The van der Waals surface area contributed by atoms with E-state index < -0.39 is 0 Å². The van der Waals surface area contributed by atoms with Crippen molar-refractivity contribution >= 4 is 27.5 Å². The third kappa shape index (κ3) is 3.12. The summed E-state index contributed by atoms with van der Waals surface area (Å²) in [4.78, 5) is 14.1. The Morgan fingerprint density at radius 1 is 1.44 bits per heavy atom. The normalized spacial score (nSPS) is 21.6. The van der Waals surface area contributed by atoms with Crippen molar-refractivity contribution < 1.29 is 4.79 Å². The standard InChI is InChI=1S/C14H19BrN2O/c1-10-8-16-6-5-14(18)17(9-10)12-4-3-11(2)13(15)7-12/h3-4,7,10,16H,5-6,8-9H2,1-2H3. The smallest absolute Gasteiger partial charge is 0.228 e. The number of hydrogen-bond donors (Lipinski definition) is 1. The van der Waals surface area contributed by atoms with Crippen LogP contribution in [-0.2, 0) is 4.79 Å². The minimum Gasteiger partial charge on any atom is -0.316 e. The summed E-state index contributed by atoms with van der Waals surface area (Å²) in [5, 5.41) is 3.30. The van der Waals surface area contributed by atoms with Crippen molar-refractivity contribution in [1.29, 1.82) is 0 Å². The summed E-state index contributed by atoms with van der Waals surface area (Å²) in [6, 6.07) is 6.11. The number of rotatable bonds is 1. The van der Waals surface area contributed by atoms with E-state index in [0.29, 0.717) is 12.3 Å². The fourth-order valence-electron chi connectivity index (χ4n) is 2.16. The largest absolute Gasteiger partial charge is 0.316 e. The molecule has 1 unspecified atom stereocenters. The van der Waals surface area contributed by atoms with Crippen LogP contribution in [0.4, 0.5) is 5.69 Å². The van der Waals surface area contributed by atoms with Gasteiger partial charge in [-0.15, -0.1) is 0 Å². The number of benzene rings is 1. The van der Waals surface area contributed by atoms with Gasteiger partial charge in [-0.3, -0.25) is 4.79 Å². The second-order valence-electron chi connectivity index (χ2n) is 5.00. The van der Waals surface area contributed by atoms with Crippen LogP contribution < -0.4 is 10.2 Å². The van der Waals surface area contributed by atoms with Gasteiger partial charge >= 0.3 is 0 Å². The van der Waals surface area contributed by atoms with Crippen molar-refractivity contribution in [3.63, 3.8) is 0 Å². The molecule has 0 aliphatic carbocycles. The lowest BCUT2D eigenvalue weighted by molar-refractivity contribution is -0.118. The van der Waals surface area contributed by atoms with Crippen LogP contribution in [0.3, 0.4) is 0 Å². The van der Waals surface area contributed by atoms with E-state index in [-0.39, 0.29) is 5.91 Å². The van der Waals surface area contributed by atoms with E-state index in [0.717, 1.165) is 29.8 Å². The first-order valence-corrected chi connectivity index (χ1v) is 7.14. The lowest BCUT2D eigenvalue weighted by atomic mass is 10.1. The molecular weight excluding hydrogens is 292 g/mol. The zero-order valence-corrected chi connectivity index (χ0v) is 12.5. The molecule has 1 aliphatic rings. The first-order valence-electron chi connectivity index (χ1n) is 6.35. The molecule has 0 saturated carbocycles. The molecule has 98 valence electrons. The van der Waals surface area contributed by atoms with Crippen LogP contribution >= 0.6 is 15.9 Å².